The fourth-order valence-corrected chi connectivity index (χ4v) is 2.80. The summed E-state index contributed by atoms with van der Waals surface area (Å²) < 4.78 is 0. The van der Waals surface area contributed by atoms with Crippen LogP contribution in [-0.2, 0) is 0 Å². The van der Waals surface area contributed by atoms with Crippen LogP contribution in [0.2, 0.25) is 5.15 Å². The normalized spacial score (nSPS) is 14.2. The SMILES string of the molecule is Nc1ccc(C(=O)N/N=C/c2c(Cl)nc(N)nc2N2CCCC2)cc1. The molecule has 130 valence electrons. The minimum absolute atomic E-state index is 0.106. The number of nitrogens with one attached hydrogen (secondary N) is 1. The molecular weight excluding hydrogens is 342 g/mol. The zero-order valence-corrected chi connectivity index (χ0v) is 14.2. The summed E-state index contributed by atoms with van der Waals surface area (Å²) in [6, 6.07) is 6.54. The maximum atomic E-state index is 12.1. The van der Waals surface area contributed by atoms with Crippen molar-refractivity contribution in [2.45, 2.75) is 12.8 Å². The lowest BCUT2D eigenvalue weighted by atomic mass is 10.2. The summed E-state index contributed by atoms with van der Waals surface area (Å²) >= 11 is 6.19. The first kappa shape index (κ1) is 17.0. The highest BCUT2D eigenvalue weighted by Gasteiger charge is 2.20. The summed E-state index contributed by atoms with van der Waals surface area (Å²) in [6.45, 7) is 1.73. The van der Waals surface area contributed by atoms with E-state index in [1.54, 1.807) is 24.3 Å². The number of nitrogens with two attached hydrogens (primary N) is 2. The molecule has 1 aromatic heterocycles. The van der Waals surface area contributed by atoms with Crippen molar-refractivity contribution in [1.29, 1.82) is 0 Å². The van der Waals surface area contributed by atoms with Crippen molar-refractivity contribution < 1.29 is 4.79 Å². The Balaban J connectivity index is 1.78. The van der Waals surface area contributed by atoms with E-state index in [1.807, 2.05) is 0 Å². The summed E-state index contributed by atoms with van der Waals surface area (Å²) in [7, 11) is 0. The fraction of sp³-hybridized carbons (Fsp3) is 0.250. The molecule has 0 aliphatic carbocycles. The van der Waals surface area contributed by atoms with E-state index >= 15 is 0 Å². The van der Waals surface area contributed by atoms with Gasteiger partial charge in [0.25, 0.3) is 5.91 Å². The van der Waals surface area contributed by atoms with E-state index in [0.29, 0.717) is 22.6 Å². The van der Waals surface area contributed by atoms with Crippen molar-refractivity contribution >= 4 is 41.2 Å². The molecule has 25 heavy (non-hydrogen) atoms. The van der Waals surface area contributed by atoms with Gasteiger partial charge in [-0.1, -0.05) is 11.6 Å². The average Bonchev–Trinajstić information content (AvgIpc) is 3.11. The highest BCUT2D eigenvalue weighted by Crippen LogP contribution is 2.26. The molecule has 2 heterocycles. The Morgan fingerprint density at radius 2 is 1.88 bits per heavy atom. The van der Waals surface area contributed by atoms with E-state index in [0.717, 1.165) is 25.9 Å². The first-order chi connectivity index (χ1) is 12.0. The molecule has 9 heteroatoms. The second kappa shape index (κ2) is 7.35. The Hall–Kier alpha value is -2.87. The van der Waals surface area contributed by atoms with E-state index in [2.05, 4.69) is 25.4 Å². The third kappa shape index (κ3) is 3.97. The Kier molecular flexibility index (Phi) is 4.99. The summed E-state index contributed by atoms with van der Waals surface area (Å²) in [6.07, 6.45) is 3.59. The van der Waals surface area contributed by atoms with Crippen LogP contribution < -0.4 is 21.8 Å². The average molecular weight is 360 g/mol. The molecule has 1 aliphatic heterocycles. The van der Waals surface area contributed by atoms with Gasteiger partial charge >= 0.3 is 0 Å². The zero-order chi connectivity index (χ0) is 17.8. The maximum absolute atomic E-state index is 12.1. The van der Waals surface area contributed by atoms with Gasteiger partial charge in [0.05, 0.1) is 11.8 Å². The van der Waals surface area contributed by atoms with Crippen LogP contribution in [0.25, 0.3) is 0 Å². The van der Waals surface area contributed by atoms with Gasteiger partial charge in [-0.05, 0) is 37.1 Å². The molecule has 3 rings (SSSR count). The van der Waals surface area contributed by atoms with Crippen LogP contribution in [0.1, 0.15) is 28.8 Å². The number of aromatic nitrogens is 2. The number of carbonyl (C=O) groups is 1. The molecule has 1 aliphatic rings. The molecule has 0 spiro atoms. The van der Waals surface area contributed by atoms with Crippen LogP contribution in [0.3, 0.4) is 0 Å². The summed E-state index contributed by atoms with van der Waals surface area (Å²) in [5.74, 6) is 0.377. The predicted octanol–water partition coefficient (Wildman–Crippen LogP) is 1.66. The van der Waals surface area contributed by atoms with Crippen LogP contribution >= 0.6 is 11.6 Å². The Labute approximate surface area is 149 Å². The molecule has 0 atom stereocenters. The second-order valence-electron chi connectivity index (χ2n) is 5.63. The molecule has 0 radical (unpaired) electrons. The highest BCUT2D eigenvalue weighted by atomic mass is 35.5. The number of hydrogen-bond acceptors (Lipinski definition) is 7. The minimum atomic E-state index is -0.355. The van der Waals surface area contributed by atoms with Crippen LogP contribution in [0.4, 0.5) is 17.5 Å². The number of hydrazone groups is 1. The van der Waals surface area contributed by atoms with E-state index in [-0.39, 0.29) is 17.0 Å². The van der Waals surface area contributed by atoms with Crippen LogP contribution in [0.15, 0.2) is 29.4 Å². The predicted molar refractivity (Wildman–Crippen MR) is 98.8 cm³/mol. The number of halogens is 1. The molecule has 8 nitrogen and oxygen atoms in total. The summed E-state index contributed by atoms with van der Waals surface area (Å²) in [4.78, 5) is 22.4. The van der Waals surface area contributed by atoms with E-state index in [9.17, 15) is 4.79 Å². The summed E-state index contributed by atoms with van der Waals surface area (Å²) in [5.41, 5.74) is 15.3. The smallest absolute Gasteiger partial charge is 0.271 e. The van der Waals surface area contributed by atoms with Crippen molar-refractivity contribution in [2.24, 2.45) is 5.10 Å². The minimum Gasteiger partial charge on any atom is -0.399 e. The van der Waals surface area contributed by atoms with Crippen molar-refractivity contribution in [2.75, 3.05) is 29.5 Å². The summed E-state index contributed by atoms with van der Waals surface area (Å²) in [5, 5.41) is 4.17. The third-order valence-electron chi connectivity index (χ3n) is 3.83. The molecule has 1 fully saturated rings. The van der Waals surface area contributed by atoms with Crippen LogP contribution in [0.5, 0.6) is 0 Å². The maximum Gasteiger partial charge on any atom is 0.271 e. The molecule has 1 amide bonds. The number of nitrogen functional groups attached to an aromatic ring is 2. The number of benzene rings is 1. The molecule has 0 saturated carbocycles. The topological polar surface area (TPSA) is 123 Å². The van der Waals surface area contributed by atoms with Gasteiger partial charge in [0.15, 0.2) is 0 Å². The zero-order valence-electron chi connectivity index (χ0n) is 13.4. The van der Waals surface area contributed by atoms with Gasteiger partial charge < -0.3 is 16.4 Å². The first-order valence-corrected chi connectivity index (χ1v) is 8.19. The lowest BCUT2D eigenvalue weighted by Crippen LogP contribution is -2.22. The van der Waals surface area contributed by atoms with E-state index in [1.165, 1.54) is 6.21 Å². The molecule has 2 aromatic rings. The molecular formula is C16H18ClN7O. The van der Waals surface area contributed by atoms with E-state index < -0.39 is 0 Å². The lowest BCUT2D eigenvalue weighted by molar-refractivity contribution is 0.0955. The lowest BCUT2D eigenvalue weighted by Gasteiger charge is -2.19. The van der Waals surface area contributed by atoms with Crippen molar-refractivity contribution in [3.8, 4) is 0 Å². The standard InChI is InChI=1S/C16H18ClN7O/c17-13-12(14(22-16(19)21-13)24-7-1-2-8-24)9-20-23-15(25)10-3-5-11(18)6-4-10/h3-6,9H,1-2,7-8,18H2,(H,23,25)(H2,19,21,22)/b20-9+. The van der Waals surface area contributed by atoms with Gasteiger partial charge in [-0.2, -0.15) is 10.1 Å². The number of rotatable bonds is 4. The molecule has 1 aromatic carbocycles. The Bertz CT molecular complexity index is 801. The van der Waals surface area contributed by atoms with Crippen LogP contribution in [0, 0.1) is 0 Å². The van der Waals surface area contributed by atoms with Gasteiger partial charge in [-0.15, -0.1) is 0 Å². The van der Waals surface area contributed by atoms with Crippen LogP contribution in [-0.4, -0.2) is 35.2 Å². The van der Waals surface area contributed by atoms with Crippen molar-refractivity contribution in [3.63, 3.8) is 0 Å². The van der Waals surface area contributed by atoms with Crippen molar-refractivity contribution in [3.05, 3.63) is 40.5 Å². The Morgan fingerprint density at radius 1 is 1.20 bits per heavy atom. The largest absolute Gasteiger partial charge is 0.399 e. The molecule has 0 bridgehead atoms. The third-order valence-corrected chi connectivity index (χ3v) is 4.12. The van der Waals surface area contributed by atoms with Crippen molar-refractivity contribution in [1.82, 2.24) is 15.4 Å². The fourth-order valence-electron chi connectivity index (χ4n) is 2.58. The van der Waals surface area contributed by atoms with Gasteiger partial charge in [0.1, 0.15) is 11.0 Å². The number of carbonyl (C=O) groups excluding carboxylic acids is 1. The van der Waals surface area contributed by atoms with Gasteiger partial charge in [-0.3, -0.25) is 4.79 Å². The van der Waals surface area contributed by atoms with E-state index in [4.69, 9.17) is 23.1 Å². The Morgan fingerprint density at radius 3 is 2.56 bits per heavy atom. The second-order valence-corrected chi connectivity index (χ2v) is 5.98. The number of hydrogen-bond donors (Lipinski definition) is 3. The quantitative estimate of drug-likeness (QED) is 0.330. The first-order valence-electron chi connectivity index (χ1n) is 7.81. The number of nitrogens with zero attached hydrogens (tertiary/aromatic N) is 4. The van der Waals surface area contributed by atoms with Gasteiger partial charge in [-0.25, -0.2) is 10.4 Å². The molecule has 1 saturated heterocycles. The van der Waals surface area contributed by atoms with Gasteiger partial charge in [0.2, 0.25) is 5.95 Å². The number of anilines is 3. The van der Waals surface area contributed by atoms with Gasteiger partial charge in [0, 0.05) is 24.3 Å². The molecule has 5 N–H and O–H groups in total. The number of amides is 1. The highest BCUT2D eigenvalue weighted by molar-refractivity contribution is 6.32. The molecule has 0 unspecified atom stereocenters. The monoisotopic (exact) mass is 359 g/mol.